The lowest BCUT2D eigenvalue weighted by atomic mass is 10.00. The molecule has 3 heteroatoms. The summed E-state index contributed by atoms with van der Waals surface area (Å²) in [7, 11) is 0. The topological polar surface area (TPSA) is 63.3 Å². The van der Waals surface area contributed by atoms with E-state index in [2.05, 4.69) is 24.3 Å². The van der Waals surface area contributed by atoms with Gasteiger partial charge in [0.25, 0.3) is 0 Å². The van der Waals surface area contributed by atoms with Crippen LogP contribution in [0.4, 0.5) is 0 Å². The highest BCUT2D eigenvalue weighted by molar-refractivity contribution is 5.73. The van der Waals surface area contributed by atoms with Crippen LogP contribution in [-0.4, -0.2) is 17.1 Å². The largest absolute Gasteiger partial charge is 0.480 e. The van der Waals surface area contributed by atoms with Gasteiger partial charge in [-0.25, -0.2) is 0 Å². The van der Waals surface area contributed by atoms with Crippen LogP contribution in [0.2, 0.25) is 0 Å². The smallest absolute Gasteiger partial charge is 0.320 e. The standard InChI is InChI=1S/C16H17NO2/c17-15(16(18)19)10-9-12-5-4-8-14(11-12)13-6-2-1-3-7-13/h1-8,11,15H,9-10,17H2,(H,18,19). The number of aliphatic carboxylic acids is 1. The number of benzene rings is 2. The third-order valence-electron chi connectivity index (χ3n) is 3.10. The molecule has 0 fully saturated rings. The van der Waals surface area contributed by atoms with Gasteiger partial charge in [0, 0.05) is 0 Å². The van der Waals surface area contributed by atoms with E-state index in [4.69, 9.17) is 10.8 Å². The lowest BCUT2D eigenvalue weighted by Crippen LogP contribution is -2.30. The summed E-state index contributed by atoms with van der Waals surface area (Å²) >= 11 is 0. The minimum atomic E-state index is -0.945. The molecular weight excluding hydrogens is 238 g/mol. The molecule has 3 N–H and O–H groups in total. The molecule has 0 heterocycles. The lowest BCUT2D eigenvalue weighted by molar-refractivity contribution is -0.138. The minimum absolute atomic E-state index is 0.452. The zero-order chi connectivity index (χ0) is 13.7. The Morgan fingerprint density at radius 3 is 2.42 bits per heavy atom. The molecule has 0 bridgehead atoms. The average Bonchev–Trinajstić information content (AvgIpc) is 2.46. The molecule has 0 aromatic heterocycles. The first-order valence-corrected chi connectivity index (χ1v) is 6.29. The van der Waals surface area contributed by atoms with Gasteiger partial charge in [0.1, 0.15) is 6.04 Å². The predicted molar refractivity (Wildman–Crippen MR) is 75.8 cm³/mol. The Morgan fingerprint density at radius 1 is 1.05 bits per heavy atom. The third kappa shape index (κ3) is 3.66. The normalized spacial score (nSPS) is 12.1. The van der Waals surface area contributed by atoms with Gasteiger partial charge in [-0.15, -0.1) is 0 Å². The summed E-state index contributed by atoms with van der Waals surface area (Å²) in [4.78, 5) is 10.7. The highest BCUT2D eigenvalue weighted by atomic mass is 16.4. The van der Waals surface area contributed by atoms with Gasteiger partial charge < -0.3 is 10.8 Å². The van der Waals surface area contributed by atoms with Crippen molar-refractivity contribution < 1.29 is 9.90 Å². The Bertz CT molecular complexity index is 552. The maximum Gasteiger partial charge on any atom is 0.320 e. The summed E-state index contributed by atoms with van der Waals surface area (Å²) in [6, 6.07) is 17.4. The van der Waals surface area contributed by atoms with Gasteiger partial charge in [0.05, 0.1) is 0 Å². The second-order valence-electron chi connectivity index (χ2n) is 4.55. The second-order valence-corrected chi connectivity index (χ2v) is 4.55. The quantitative estimate of drug-likeness (QED) is 0.863. The molecule has 98 valence electrons. The van der Waals surface area contributed by atoms with Gasteiger partial charge >= 0.3 is 5.97 Å². The third-order valence-corrected chi connectivity index (χ3v) is 3.10. The highest BCUT2D eigenvalue weighted by Gasteiger charge is 2.11. The van der Waals surface area contributed by atoms with Gasteiger partial charge in [0.15, 0.2) is 0 Å². The molecule has 1 atom stereocenters. The summed E-state index contributed by atoms with van der Waals surface area (Å²) in [5.41, 5.74) is 8.92. The van der Waals surface area contributed by atoms with Crippen LogP contribution >= 0.6 is 0 Å². The number of rotatable bonds is 5. The molecule has 2 aromatic rings. The maximum atomic E-state index is 10.7. The van der Waals surface area contributed by atoms with E-state index in [0.717, 1.165) is 16.7 Å². The molecule has 0 saturated heterocycles. The van der Waals surface area contributed by atoms with Crippen LogP contribution in [-0.2, 0) is 11.2 Å². The summed E-state index contributed by atoms with van der Waals surface area (Å²) in [5.74, 6) is -0.945. The fraction of sp³-hybridized carbons (Fsp3) is 0.188. The predicted octanol–water partition coefficient (Wildman–Crippen LogP) is 2.70. The summed E-state index contributed by atoms with van der Waals surface area (Å²) in [6.45, 7) is 0. The van der Waals surface area contributed by atoms with E-state index in [0.29, 0.717) is 12.8 Å². The molecule has 0 aliphatic carbocycles. The van der Waals surface area contributed by atoms with Crippen molar-refractivity contribution in [2.24, 2.45) is 5.73 Å². The molecule has 0 saturated carbocycles. The first kappa shape index (κ1) is 13.3. The molecule has 3 nitrogen and oxygen atoms in total. The Morgan fingerprint density at radius 2 is 1.74 bits per heavy atom. The van der Waals surface area contributed by atoms with E-state index in [1.807, 2.05) is 30.3 Å². The van der Waals surface area contributed by atoms with E-state index in [-0.39, 0.29) is 0 Å². The summed E-state index contributed by atoms with van der Waals surface area (Å²) in [6.07, 6.45) is 1.13. The van der Waals surface area contributed by atoms with Crippen LogP contribution in [0.15, 0.2) is 54.6 Å². The average molecular weight is 255 g/mol. The number of aryl methyl sites for hydroxylation is 1. The van der Waals surface area contributed by atoms with Gasteiger partial charge in [-0.3, -0.25) is 4.79 Å². The molecule has 0 aliphatic heterocycles. The van der Waals surface area contributed by atoms with Crippen LogP contribution in [0, 0.1) is 0 Å². The zero-order valence-corrected chi connectivity index (χ0v) is 10.6. The molecule has 19 heavy (non-hydrogen) atoms. The molecule has 2 rings (SSSR count). The summed E-state index contributed by atoms with van der Waals surface area (Å²) < 4.78 is 0. The van der Waals surface area contributed by atoms with Crippen LogP contribution in [0.3, 0.4) is 0 Å². The molecule has 0 amide bonds. The Labute approximate surface area is 112 Å². The van der Waals surface area contributed by atoms with E-state index >= 15 is 0 Å². The van der Waals surface area contributed by atoms with E-state index in [9.17, 15) is 4.79 Å². The Hall–Kier alpha value is -2.13. The fourth-order valence-electron chi connectivity index (χ4n) is 1.98. The van der Waals surface area contributed by atoms with Crippen molar-refractivity contribution in [1.82, 2.24) is 0 Å². The number of carboxylic acids is 1. The molecule has 0 radical (unpaired) electrons. The van der Waals surface area contributed by atoms with Crippen LogP contribution in [0.1, 0.15) is 12.0 Å². The van der Waals surface area contributed by atoms with E-state index in [1.54, 1.807) is 0 Å². The number of nitrogens with two attached hydrogens (primary N) is 1. The van der Waals surface area contributed by atoms with Crippen LogP contribution in [0.25, 0.3) is 11.1 Å². The van der Waals surface area contributed by atoms with Crippen molar-refractivity contribution in [3.63, 3.8) is 0 Å². The van der Waals surface area contributed by atoms with Crippen molar-refractivity contribution in [3.8, 4) is 11.1 Å². The van der Waals surface area contributed by atoms with Crippen molar-refractivity contribution in [2.75, 3.05) is 0 Å². The van der Waals surface area contributed by atoms with Gasteiger partial charge in [-0.1, -0.05) is 54.6 Å². The summed E-state index contributed by atoms with van der Waals surface area (Å²) in [5, 5.41) is 8.77. The highest BCUT2D eigenvalue weighted by Crippen LogP contribution is 2.20. The fourth-order valence-corrected chi connectivity index (χ4v) is 1.98. The Balaban J connectivity index is 2.10. The van der Waals surface area contributed by atoms with Crippen molar-refractivity contribution >= 4 is 5.97 Å². The van der Waals surface area contributed by atoms with E-state index in [1.165, 1.54) is 0 Å². The molecule has 0 spiro atoms. The lowest BCUT2D eigenvalue weighted by Gasteiger charge is -2.08. The number of hydrogen-bond acceptors (Lipinski definition) is 2. The number of carbonyl (C=O) groups is 1. The van der Waals surface area contributed by atoms with Crippen LogP contribution < -0.4 is 5.73 Å². The maximum absolute atomic E-state index is 10.7. The van der Waals surface area contributed by atoms with Crippen LogP contribution in [0.5, 0.6) is 0 Å². The molecule has 1 unspecified atom stereocenters. The van der Waals surface area contributed by atoms with Crippen molar-refractivity contribution in [3.05, 3.63) is 60.2 Å². The minimum Gasteiger partial charge on any atom is -0.480 e. The molecular formula is C16H17NO2. The Kier molecular flexibility index (Phi) is 4.31. The van der Waals surface area contributed by atoms with E-state index < -0.39 is 12.0 Å². The first-order chi connectivity index (χ1) is 9.16. The zero-order valence-electron chi connectivity index (χ0n) is 10.6. The SMILES string of the molecule is NC(CCc1cccc(-c2ccccc2)c1)C(=O)O. The van der Waals surface area contributed by atoms with Gasteiger partial charge in [-0.05, 0) is 29.5 Å². The van der Waals surface area contributed by atoms with Gasteiger partial charge in [0.2, 0.25) is 0 Å². The molecule has 2 aromatic carbocycles. The number of hydrogen-bond donors (Lipinski definition) is 2. The second kappa shape index (κ2) is 6.16. The van der Waals surface area contributed by atoms with Gasteiger partial charge in [-0.2, -0.15) is 0 Å². The molecule has 0 aliphatic rings. The monoisotopic (exact) mass is 255 g/mol. The van der Waals surface area contributed by atoms with Crippen molar-refractivity contribution in [2.45, 2.75) is 18.9 Å². The number of carboxylic acid groups (broad SMARTS) is 1. The first-order valence-electron chi connectivity index (χ1n) is 6.29. The van der Waals surface area contributed by atoms with Crippen molar-refractivity contribution in [1.29, 1.82) is 0 Å².